The topological polar surface area (TPSA) is 92.4 Å². The first kappa shape index (κ1) is 33.1. The van der Waals surface area contributed by atoms with Crippen molar-refractivity contribution in [3.8, 4) is 0 Å². The Balaban J connectivity index is 1.25. The van der Waals surface area contributed by atoms with E-state index in [4.69, 9.17) is 0 Å². The maximum atomic E-state index is 4.43. The van der Waals surface area contributed by atoms with Crippen LogP contribution in [-0.4, -0.2) is 98.3 Å². The highest BCUT2D eigenvalue weighted by Gasteiger charge is 2.09. The van der Waals surface area contributed by atoms with Crippen molar-refractivity contribution >= 4 is 0 Å². The fourth-order valence-electron chi connectivity index (χ4n) is 5.27. The summed E-state index contributed by atoms with van der Waals surface area (Å²) < 4.78 is 0. The standard InChI is InChI=1S/C34H53N9/c1-3-16-40-33(7-1)27-38-21-25-43(26-22-39-28-34-8-2-4-17-41-34)30-32-11-9-31(10-12-32)29-42-23-6-15-36-19-18-35-13-5-14-37-20-24-42/h1-4,7-12,16-17,35-39H,5-6,13-15,18-30H2. The zero-order valence-electron chi connectivity index (χ0n) is 25.9. The molecule has 2 aromatic heterocycles. The average Bonchev–Trinajstić information content (AvgIpc) is 3.05. The Bertz CT molecular complexity index is 1020. The molecule has 1 fully saturated rings. The van der Waals surface area contributed by atoms with Crippen molar-refractivity contribution in [3.05, 3.63) is 95.6 Å². The van der Waals surface area contributed by atoms with E-state index >= 15 is 0 Å². The second-order valence-electron chi connectivity index (χ2n) is 11.3. The van der Waals surface area contributed by atoms with Crippen molar-refractivity contribution in [3.63, 3.8) is 0 Å². The number of nitrogens with one attached hydrogen (secondary N) is 5. The van der Waals surface area contributed by atoms with Crippen LogP contribution >= 0.6 is 0 Å². The van der Waals surface area contributed by atoms with E-state index in [2.05, 4.69) is 82.7 Å². The van der Waals surface area contributed by atoms with E-state index in [1.807, 2.05) is 36.7 Å². The van der Waals surface area contributed by atoms with Gasteiger partial charge in [-0.05, 0) is 74.4 Å². The Labute approximate surface area is 259 Å². The van der Waals surface area contributed by atoms with E-state index in [-0.39, 0.29) is 0 Å². The van der Waals surface area contributed by atoms with Gasteiger partial charge in [0.15, 0.2) is 0 Å². The van der Waals surface area contributed by atoms with Gasteiger partial charge < -0.3 is 26.6 Å². The number of nitrogens with zero attached hydrogens (tertiary/aromatic N) is 4. The molecule has 1 aromatic carbocycles. The molecule has 0 radical (unpaired) electrons. The van der Waals surface area contributed by atoms with E-state index in [0.717, 1.165) is 116 Å². The molecule has 0 saturated carbocycles. The van der Waals surface area contributed by atoms with Gasteiger partial charge in [-0.15, -0.1) is 0 Å². The molecule has 0 spiro atoms. The minimum absolute atomic E-state index is 0.792. The molecule has 9 nitrogen and oxygen atoms in total. The fraction of sp³-hybridized carbons (Fsp3) is 0.529. The highest BCUT2D eigenvalue weighted by Crippen LogP contribution is 2.11. The second kappa shape index (κ2) is 21.0. The van der Waals surface area contributed by atoms with Gasteiger partial charge in [-0.3, -0.25) is 19.8 Å². The molecular formula is C34H53N9. The van der Waals surface area contributed by atoms with Crippen LogP contribution < -0.4 is 26.6 Å². The number of aromatic nitrogens is 2. The molecule has 0 amide bonds. The molecule has 1 saturated heterocycles. The van der Waals surface area contributed by atoms with Crippen LogP contribution in [0.4, 0.5) is 0 Å². The van der Waals surface area contributed by atoms with E-state index in [1.165, 1.54) is 24.0 Å². The molecule has 3 heterocycles. The molecule has 9 heteroatoms. The minimum Gasteiger partial charge on any atom is -0.315 e. The lowest BCUT2D eigenvalue weighted by Crippen LogP contribution is -2.37. The molecule has 0 atom stereocenters. The van der Waals surface area contributed by atoms with Gasteiger partial charge in [-0.25, -0.2) is 0 Å². The van der Waals surface area contributed by atoms with Gasteiger partial charge in [0.25, 0.3) is 0 Å². The Kier molecular flexibility index (Phi) is 16.2. The van der Waals surface area contributed by atoms with Crippen LogP contribution in [0.3, 0.4) is 0 Å². The number of pyridine rings is 2. The van der Waals surface area contributed by atoms with Gasteiger partial charge in [0.05, 0.1) is 11.4 Å². The number of benzene rings is 1. The number of hydrogen-bond donors (Lipinski definition) is 5. The summed E-state index contributed by atoms with van der Waals surface area (Å²) in [6.07, 6.45) is 6.07. The van der Waals surface area contributed by atoms with Gasteiger partial charge in [-0.1, -0.05) is 36.4 Å². The van der Waals surface area contributed by atoms with E-state index < -0.39 is 0 Å². The van der Waals surface area contributed by atoms with E-state index in [9.17, 15) is 0 Å². The SMILES string of the molecule is c1ccc(CNCCN(CCNCc2ccccn2)Cc2ccc(CN3CCCNCCNCCCNCC3)cc2)nc1. The summed E-state index contributed by atoms with van der Waals surface area (Å²) in [6.45, 7) is 15.9. The lowest BCUT2D eigenvalue weighted by molar-refractivity contribution is 0.259. The molecule has 1 aliphatic rings. The third-order valence-electron chi connectivity index (χ3n) is 7.73. The highest BCUT2D eigenvalue weighted by molar-refractivity contribution is 5.22. The monoisotopic (exact) mass is 587 g/mol. The molecule has 0 aliphatic carbocycles. The second-order valence-corrected chi connectivity index (χ2v) is 11.3. The summed E-state index contributed by atoms with van der Waals surface area (Å²) in [5, 5.41) is 17.8. The third-order valence-corrected chi connectivity index (χ3v) is 7.73. The molecule has 3 aromatic rings. The van der Waals surface area contributed by atoms with Crippen molar-refractivity contribution in [2.75, 3.05) is 78.5 Å². The average molecular weight is 588 g/mol. The van der Waals surface area contributed by atoms with Crippen LogP contribution in [0, 0.1) is 0 Å². The zero-order valence-corrected chi connectivity index (χ0v) is 25.9. The van der Waals surface area contributed by atoms with E-state index in [1.54, 1.807) is 0 Å². The van der Waals surface area contributed by atoms with Gasteiger partial charge in [0, 0.05) is 90.9 Å². The highest BCUT2D eigenvalue weighted by atomic mass is 15.2. The van der Waals surface area contributed by atoms with Gasteiger partial charge in [0.1, 0.15) is 0 Å². The van der Waals surface area contributed by atoms with Crippen LogP contribution in [0.25, 0.3) is 0 Å². The smallest absolute Gasteiger partial charge is 0.0541 e. The number of rotatable bonds is 14. The fourth-order valence-corrected chi connectivity index (χ4v) is 5.27. The van der Waals surface area contributed by atoms with Gasteiger partial charge in [0.2, 0.25) is 0 Å². The zero-order chi connectivity index (χ0) is 29.6. The van der Waals surface area contributed by atoms with Crippen molar-refractivity contribution < 1.29 is 0 Å². The van der Waals surface area contributed by atoms with Gasteiger partial charge in [-0.2, -0.15) is 0 Å². The quantitative estimate of drug-likeness (QED) is 0.182. The molecule has 1 aliphatic heterocycles. The predicted molar refractivity (Wildman–Crippen MR) is 177 cm³/mol. The molecule has 0 bridgehead atoms. The Hall–Kier alpha value is -2.76. The summed E-state index contributed by atoms with van der Waals surface area (Å²) in [4.78, 5) is 14.0. The largest absolute Gasteiger partial charge is 0.315 e. The first-order valence-electron chi connectivity index (χ1n) is 16.2. The van der Waals surface area contributed by atoms with Crippen LogP contribution in [0.5, 0.6) is 0 Å². The van der Waals surface area contributed by atoms with E-state index in [0.29, 0.717) is 0 Å². The van der Waals surface area contributed by atoms with Crippen LogP contribution in [-0.2, 0) is 26.2 Å². The van der Waals surface area contributed by atoms with Crippen LogP contribution in [0.2, 0.25) is 0 Å². The van der Waals surface area contributed by atoms with Crippen LogP contribution in [0.15, 0.2) is 73.1 Å². The summed E-state index contributed by atoms with van der Waals surface area (Å²) in [5.74, 6) is 0. The maximum Gasteiger partial charge on any atom is 0.0541 e. The first-order valence-corrected chi connectivity index (χ1v) is 16.2. The molecule has 5 N–H and O–H groups in total. The third kappa shape index (κ3) is 14.5. The Morgan fingerprint density at radius 1 is 0.628 bits per heavy atom. The first-order chi connectivity index (χ1) is 21.3. The predicted octanol–water partition coefficient (Wildman–Crippen LogP) is 2.22. The normalized spacial score (nSPS) is 16.2. The van der Waals surface area contributed by atoms with Crippen molar-refractivity contribution in [1.29, 1.82) is 0 Å². The summed E-state index contributed by atoms with van der Waals surface area (Å²) in [6, 6.07) is 21.4. The number of hydrogen-bond acceptors (Lipinski definition) is 9. The molecule has 234 valence electrons. The molecule has 4 rings (SSSR count). The lowest BCUT2D eigenvalue weighted by Gasteiger charge is -2.24. The summed E-state index contributed by atoms with van der Waals surface area (Å²) in [5.41, 5.74) is 4.91. The Morgan fingerprint density at radius 3 is 1.81 bits per heavy atom. The maximum absolute atomic E-state index is 4.43. The lowest BCUT2D eigenvalue weighted by atomic mass is 10.1. The van der Waals surface area contributed by atoms with Gasteiger partial charge >= 0.3 is 0 Å². The van der Waals surface area contributed by atoms with Crippen molar-refractivity contribution in [2.24, 2.45) is 0 Å². The molecular weight excluding hydrogens is 534 g/mol. The minimum atomic E-state index is 0.792. The van der Waals surface area contributed by atoms with Crippen molar-refractivity contribution in [2.45, 2.75) is 39.0 Å². The molecule has 0 unspecified atom stereocenters. The summed E-state index contributed by atoms with van der Waals surface area (Å²) in [7, 11) is 0. The van der Waals surface area contributed by atoms with Crippen LogP contribution in [0.1, 0.15) is 35.4 Å². The van der Waals surface area contributed by atoms with Crippen molar-refractivity contribution in [1.82, 2.24) is 46.4 Å². The molecule has 43 heavy (non-hydrogen) atoms. The summed E-state index contributed by atoms with van der Waals surface area (Å²) >= 11 is 0. The Morgan fingerprint density at radius 2 is 1.21 bits per heavy atom.